The fourth-order valence-corrected chi connectivity index (χ4v) is 3.27. The number of carbonyl (C=O) groups excluding carboxylic acids is 1. The number of pyridine rings is 2. The number of allylic oxidation sites excluding steroid dienone is 1. The average Bonchev–Trinajstić information content (AvgIpc) is 2.79. The molecule has 1 amide bonds. The molecule has 2 heterocycles. The van der Waals surface area contributed by atoms with Crippen LogP contribution in [-0.2, 0) is 0 Å². The lowest BCUT2D eigenvalue weighted by molar-refractivity contribution is 0.0915. The first-order valence-electron chi connectivity index (χ1n) is 10.1. The van der Waals surface area contributed by atoms with Crippen LogP contribution in [0, 0.1) is 5.82 Å². The first kappa shape index (κ1) is 23.4. The molecule has 8 heteroatoms. The number of nitrogens with one attached hydrogen (secondary N) is 2. The summed E-state index contributed by atoms with van der Waals surface area (Å²) < 4.78 is 14.4. The van der Waals surface area contributed by atoms with Gasteiger partial charge in [-0.2, -0.15) is 0 Å². The number of carbonyl (C=O) groups is 1. The molecule has 3 rings (SSSR count). The Kier molecular flexibility index (Phi) is 7.56. The van der Waals surface area contributed by atoms with Gasteiger partial charge in [-0.25, -0.2) is 9.37 Å². The van der Waals surface area contributed by atoms with Crippen LogP contribution in [-0.4, -0.2) is 33.6 Å². The van der Waals surface area contributed by atoms with E-state index in [1.54, 1.807) is 30.6 Å². The topological polar surface area (TPSA) is 87.1 Å². The fourth-order valence-electron chi connectivity index (χ4n) is 3.10. The summed E-state index contributed by atoms with van der Waals surface area (Å²) in [7, 11) is 0. The Hall–Kier alpha value is -3.29. The summed E-state index contributed by atoms with van der Waals surface area (Å²) in [6.45, 7) is 7.51. The van der Waals surface area contributed by atoms with Crippen molar-refractivity contribution in [3.05, 3.63) is 77.3 Å². The zero-order valence-electron chi connectivity index (χ0n) is 17.8. The fraction of sp³-hybridized carbons (Fsp3) is 0.208. The van der Waals surface area contributed by atoms with Crippen LogP contribution < -0.4 is 10.6 Å². The minimum absolute atomic E-state index is 0.163. The van der Waals surface area contributed by atoms with Gasteiger partial charge in [0.25, 0.3) is 5.91 Å². The number of halogens is 2. The van der Waals surface area contributed by atoms with Crippen molar-refractivity contribution in [2.45, 2.75) is 26.3 Å². The van der Waals surface area contributed by atoms with E-state index in [4.69, 9.17) is 11.6 Å². The number of nitrogens with zero attached hydrogens (tertiary/aromatic N) is 2. The van der Waals surface area contributed by atoms with Crippen molar-refractivity contribution in [3.8, 4) is 11.3 Å². The lowest BCUT2D eigenvalue weighted by Crippen LogP contribution is -2.37. The molecule has 3 aromatic rings. The number of benzene rings is 1. The van der Waals surface area contributed by atoms with E-state index >= 15 is 0 Å². The van der Waals surface area contributed by atoms with E-state index < -0.39 is 5.82 Å². The standard InChI is InChI=1S/C24H24ClFN4O2/c1-4-16(13-31)29-24(32)17-6-5-9-27-23(17)30-22-11-21(28-12-19(22)14(2)3)18-10-15(25)7-8-20(18)26/h5-12,16,31H,2,4,13H2,1,3H3,(H,29,32)(H,27,28,30). The Morgan fingerprint density at radius 2 is 2.03 bits per heavy atom. The molecule has 0 saturated heterocycles. The van der Waals surface area contributed by atoms with Crippen LogP contribution in [0.15, 0.2) is 55.4 Å². The van der Waals surface area contributed by atoms with Gasteiger partial charge in [-0.1, -0.05) is 25.1 Å². The van der Waals surface area contributed by atoms with Crippen LogP contribution in [0.25, 0.3) is 16.8 Å². The third-order valence-electron chi connectivity index (χ3n) is 4.92. The van der Waals surface area contributed by atoms with Crippen molar-refractivity contribution in [3.63, 3.8) is 0 Å². The number of aliphatic hydroxyl groups excluding tert-OH is 1. The lowest BCUT2D eigenvalue weighted by atomic mass is 10.0. The average molecular weight is 455 g/mol. The highest BCUT2D eigenvalue weighted by Gasteiger charge is 2.18. The predicted molar refractivity (Wildman–Crippen MR) is 125 cm³/mol. The maximum absolute atomic E-state index is 14.4. The van der Waals surface area contributed by atoms with Crippen LogP contribution in [0.3, 0.4) is 0 Å². The van der Waals surface area contributed by atoms with Gasteiger partial charge in [-0.15, -0.1) is 0 Å². The summed E-state index contributed by atoms with van der Waals surface area (Å²) in [4.78, 5) is 21.5. The second kappa shape index (κ2) is 10.3. The van der Waals surface area contributed by atoms with Crippen molar-refractivity contribution in [1.29, 1.82) is 0 Å². The molecule has 1 aromatic carbocycles. The first-order chi connectivity index (χ1) is 15.3. The highest BCUT2D eigenvalue weighted by atomic mass is 35.5. The second-order valence-electron chi connectivity index (χ2n) is 7.31. The van der Waals surface area contributed by atoms with Crippen LogP contribution in [0.2, 0.25) is 5.02 Å². The number of anilines is 2. The molecular formula is C24H24ClFN4O2. The van der Waals surface area contributed by atoms with E-state index in [1.165, 1.54) is 18.2 Å². The van der Waals surface area contributed by atoms with Crippen molar-refractivity contribution in [1.82, 2.24) is 15.3 Å². The van der Waals surface area contributed by atoms with E-state index in [2.05, 4.69) is 27.2 Å². The molecule has 32 heavy (non-hydrogen) atoms. The third kappa shape index (κ3) is 5.30. The van der Waals surface area contributed by atoms with E-state index in [9.17, 15) is 14.3 Å². The smallest absolute Gasteiger partial charge is 0.255 e. The van der Waals surface area contributed by atoms with E-state index in [0.29, 0.717) is 39.8 Å². The molecule has 0 saturated carbocycles. The molecule has 0 bridgehead atoms. The van der Waals surface area contributed by atoms with Crippen molar-refractivity contribution in [2.24, 2.45) is 0 Å². The summed E-state index contributed by atoms with van der Waals surface area (Å²) in [5.41, 5.74) is 2.90. The van der Waals surface area contributed by atoms with Gasteiger partial charge in [-0.05, 0) is 55.3 Å². The normalized spacial score (nSPS) is 11.7. The number of hydrogen-bond acceptors (Lipinski definition) is 5. The molecule has 0 aliphatic rings. The van der Waals surface area contributed by atoms with Gasteiger partial charge in [0.2, 0.25) is 0 Å². The molecule has 0 aliphatic heterocycles. The Morgan fingerprint density at radius 1 is 1.25 bits per heavy atom. The number of rotatable bonds is 8. The molecule has 1 unspecified atom stereocenters. The van der Waals surface area contributed by atoms with Crippen LogP contribution in [0.5, 0.6) is 0 Å². The molecule has 0 radical (unpaired) electrons. The predicted octanol–water partition coefficient (Wildman–Crippen LogP) is 5.21. The van der Waals surface area contributed by atoms with E-state index in [0.717, 1.165) is 5.57 Å². The highest BCUT2D eigenvalue weighted by Crippen LogP contribution is 2.32. The maximum Gasteiger partial charge on any atom is 0.255 e. The third-order valence-corrected chi connectivity index (χ3v) is 5.16. The van der Waals surface area contributed by atoms with Crippen LogP contribution >= 0.6 is 11.6 Å². The van der Waals surface area contributed by atoms with Crippen LogP contribution in [0.4, 0.5) is 15.9 Å². The Labute approximate surface area is 191 Å². The Balaban J connectivity index is 2.03. The summed E-state index contributed by atoms with van der Waals surface area (Å²) >= 11 is 6.04. The van der Waals surface area contributed by atoms with E-state index in [1.807, 2.05) is 13.8 Å². The quantitative estimate of drug-likeness (QED) is 0.434. The summed E-state index contributed by atoms with van der Waals surface area (Å²) in [6.07, 6.45) is 3.73. The Bertz CT molecular complexity index is 1150. The van der Waals surface area contributed by atoms with Gasteiger partial charge in [-0.3, -0.25) is 9.78 Å². The Morgan fingerprint density at radius 3 is 2.72 bits per heavy atom. The molecule has 6 nitrogen and oxygen atoms in total. The number of hydrogen-bond donors (Lipinski definition) is 3. The second-order valence-corrected chi connectivity index (χ2v) is 7.74. The van der Waals surface area contributed by atoms with Crippen molar-refractivity contribution in [2.75, 3.05) is 11.9 Å². The molecular weight excluding hydrogens is 431 g/mol. The first-order valence-corrected chi connectivity index (χ1v) is 10.5. The monoisotopic (exact) mass is 454 g/mol. The lowest BCUT2D eigenvalue weighted by Gasteiger charge is -2.17. The number of aromatic nitrogens is 2. The number of amides is 1. The maximum atomic E-state index is 14.4. The van der Waals surface area contributed by atoms with Gasteiger partial charge in [0, 0.05) is 28.5 Å². The SMILES string of the molecule is C=C(C)c1cnc(-c2cc(Cl)ccc2F)cc1Nc1ncccc1C(=O)NC(CC)CO. The van der Waals surface area contributed by atoms with Crippen molar-refractivity contribution < 1.29 is 14.3 Å². The number of aliphatic hydroxyl groups is 1. The molecule has 1 atom stereocenters. The highest BCUT2D eigenvalue weighted by molar-refractivity contribution is 6.30. The molecule has 0 fully saturated rings. The zero-order chi connectivity index (χ0) is 23.3. The van der Waals surface area contributed by atoms with Crippen molar-refractivity contribution >= 4 is 34.6 Å². The van der Waals surface area contributed by atoms with Gasteiger partial charge >= 0.3 is 0 Å². The van der Waals surface area contributed by atoms with Gasteiger partial charge in [0.1, 0.15) is 11.6 Å². The molecule has 0 spiro atoms. The van der Waals surface area contributed by atoms with Gasteiger partial charge < -0.3 is 15.7 Å². The molecule has 2 aromatic heterocycles. The summed E-state index contributed by atoms with van der Waals surface area (Å²) in [5.74, 6) is -0.513. The molecule has 3 N–H and O–H groups in total. The summed E-state index contributed by atoms with van der Waals surface area (Å²) in [5, 5.41) is 15.7. The molecule has 166 valence electrons. The van der Waals surface area contributed by atoms with Gasteiger partial charge in [0.15, 0.2) is 0 Å². The minimum Gasteiger partial charge on any atom is -0.394 e. The van der Waals surface area contributed by atoms with E-state index in [-0.39, 0.29) is 24.1 Å². The zero-order valence-corrected chi connectivity index (χ0v) is 18.6. The largest absolute Gasteiger partial charge is 0.394 e. The molecule has 0 aliphatic carbocycles. The minimum atomic E-state index is -0.455. The summed E-state index contributed by atoms with van der Waals surface area (Å²) in [6, 6.07) is 8.84. The van der Waals surface area contributed by atoms with Crippen LogP contribution in [0.1, 0.15) is 36.2 Å². The van der Waals surface area contributed by atoms with Gasteiger partial charge in [0.05, 0.1) is 29.6 Å².